The number of carbonyl (C=O) groups is 2. The van der Waals surface area contributed by atoms with Gasteiger partial charge in [-0.25, -0.2) is 12.8 Å². The zero-order valence-corrected chi connectivity index (χ0v) is 27.3. The van der Waals surface area contributed by atoms with Crippen molar-refractivity contribution in [2.45, 2.75) is 57.1 Å². The van der Waals surface area contributed by atoms with Crippen LogP contribution in [0, 0.1) is 12.7 Å². The summed E-state index contributed by atoms with van der Waals surface area (Å²) >= 11 is 0. The van der Waals surface area contributed by atoms with Crippen molar-refractivity contribution in [3.05, 3.63) is 126 Å². The average Bonchev–Trinajstić information content (AvgIpc) is 3.06. The van der Waals surface area contributed by atoms with Crippen LogP contribution >= 0.6 is 0 Å². The molecule has 0 fully saturated rings. The minimum absolute atomic E-state index is 0.0258. The van der Waals surface area contributed by atoms with Crippen LogP contribution < -0.4 is 14.4 Å². The van der Waals surface area contributed by atoms with Crippen molar-refractivity contribution in [2.24, 2.45) is 0 Å². The number of hydrogen-bond acceptors (Lipinski definition) is 5. The van der Waals surface area contributed by atoms with Crippen LogP contribution in [0.15, 0.2) is 108 Å². The fourth-order valence-corrected chi connectivity index (χ4v) is 6.31. The molecule has 8 nitrogen and oxygen atoms in total. The quantitative estimate of drug-likeness (QED) is 0.185. The van der Waals surface area contributed by atoms with Crippen molar-refractivity contribution in [1.82, 2.24) is 10.2 Å². The number of halogens is 1. The van der Waals surface area contributed by atoms with Crippen LogP contribution in [0.2, 0.25) is 0 Å². The van der Waals surface area contributed by atoms with E-state index in [1.165, 1.54) is 48.4 Å². The summed E-state index contributed by atoms with van der Waals surface area (Å²) in [6.07, 6.45) is 0.864. The molecular formula is C36H40FN3O5S. The van der Waals surface area contributed by atoms with Gasteiger partial charge >= 0.3 is 0 Å². The molecule has 0 saturated heterocycles. The minimum Gasteiger partial charge on any atom is -0.497 e. The lowest BCUT2D eigenvalue weighted by molar-refractivity contribution is -0.140. The van der Waals surface area contributed by atoms with Crippen molar-refractivity contribution in [1.29, 1.82) is 0 Å². The Hall–Kier alpha value is -4.70. The molecule has 10 heteroatoms. The maximum atomic E-state index is 14.5. The lowest BCUT2D eigenvalue weighted by Gasteiger charge is -2.34. The lowest BCUT2D eigenvalue weighted by Crippen LogP contribution is -2.54. The number of benzene rings is 4. The van der Waals surface area contributed by atoms with Gasteiger partial charge in [-0.1, -0.05) is 67.1 Å². The number of rotatable bonds is 14. The third-order valence-corrected chi connectivity index (χ3v) is 9.57. The molecule has 0 spiro atoms. The normalized spacial score (nSPS) is 12.5. The summed E-state index contributed by atoms with van der Waals surface area (Å²) in [6, 6.07) is 26.6. The van der Waals surface area contributed by atoms with Crippen LogP contribution in [0.5, 0.6) is 5.75 Å². The summed E-state index contributed by atoms with van der Waals surface area (Å²) in [5, 5.41) is 3.00. The van der Waals surface area contributed by atoms with Crippen LogP contribution in [0.4, 0.5) is 10.1 Å². The molecule has 0 aliphatic rings. The third-order valence-electron chi connectivity index (χ3n) is 7.79. The highest BCUT2D eigenvalue weighted by atomic mass is 32.2. The van der Waals surface area contributed by atoms with E-state index in [1.54, 1.807) is 36.4 Å². The van der Waals surface area contributed by atoms with Gasteiger partial charge in [-0.2, -0.15) is 0 Å². The van der Waals surface area contributed by atoms with E-state index in [0.29, 0.717) is 23.4 Å². The molecular weight excluding hydrogens is 605 g/mol. The average molecular weight is 646 g/mol. The number of amides is 2. The van der Waals surface area contributed by atoms with Crippen molar-refractivity contribution in [2.75, 3.05) is 18.0 Å². The number of nitrogens with zero attached hydrogens (tertiary/aromatic N) is 2. The second-order valence-corrected chi connectivity index (χ2v) is 13.1. The number of methoxy groups -OCH3 is 1. The summed E-state index contributed by atoms with van der Waals surface area (Å²) in [5.41, 5.74) is 2.62. The fraction of sp³-hybridized carbons (Fsp3) is 0.278. The molecule has 0 saturated carbocycles. The highest BCUT2D eigenvalue weighted by molar-refractivity contribution is 7.92. The number of sulfonamides is 1. The number of ether oxygens (including phenoxy) is 1. The molecule has 0 radical (unpaired) electrons. The topological polar surface area (TPSA) is 96.0 Å². The predicted molar refractivity (Wildman–Crippen MR) is 177 cm³/mol. The van der Waals surface area contributed by atoms with E-state index >= 15 is 0 Å². The summed E-state index contributed by atoms with van der Waals surface area (Å²) in [5.74, 6) is -0.914. The molecule has 0 aliphatic heterocycles. The Morgan fingerprint density at radius 3 is 2.09 bits per heavy atom. The summed E-state index contributed by atoms with van der Waals surface area (Å²) in [4.78, 5) is 29.7. The Bertz CT molecular complexity index is 1700. The minimum atomic E-state index is -4.25. The van der Waals surface area contributed by atoms with E-state index in [2.05, 4.69) is 5.32 Å². The maximum Gasteiger partial charge on any atom is 0.264 e. The number of hydrogen-bond donors (Lipinski definition) is 1. The zero-order chi connectivity index (χ0) is 33.3. The van der Waals surface area contributed by atoms with E-state index in [1.807, 2.05) is 51.1 Å². The summed E-state index contributed by atoms with van der Waals surface area (Å²) < 4.78 is 48.4. The van der Waals surface area contributed by atoms with E-state index in [9.17, 15) is 22.4 Å². The lowest BCUT2D eigenvalue weighted by atomic mass is 10.0. The van der Waals surface area contributed by atoms with Crippen molar-refractivity contribution in [3.8, 4) is 5.75 Å². The third kappa shape index (κ3) is 8.72. The van der Waals surface area contributed by atoms with E-state index in [4.69, 9.17) is 4.74 Å². The molecule has 1 N–H and O–H groups in total. The Kier molecular flexibility index (Phi) is 11.5. The van der Waals surface area contributed by atoms with Gasteiger partial charge in [0.2, 0.25) is 11.8 Å². The molecule has 2 amide bonds. The van der Waals surface area contributed by atoms with Crippen LogP contribution in [-0.2, 0) is 32.6 Å². The Labute approximate surface area is 270 Å². The molecule has 4 rings (SSSR count). The molecule has 46 heavy (non-hydrogen) atoms. The molecule has 4 aromatic rings. The second kappa shape index (κ2) is 15.5. The highest BCUT2D eigenvalue weighted by Crippen LogP contribution is 2.27. The predicted octanol–water partition coefficient (Wildman–Crippen LogP) is 5.89. The van der Waals surface area contributed by atoms with Gasteiger partial charge in [-0.05, 0) is 79.9 Å². The second-order valence-electron chi connectivity index (χ2n) is 11.2. The smallest absolute Gasteiger partial charge is 0.264 e. The van der Waals surface area contributed by atoms with Gasteiger partial charge < -0.3 is 15.0 Å². The number of carbonyl (C=O) groups excluding carboxylic acids is 2. The molecule has 242 valence electrons. The molecule has 0 aromatic heterocycles. The van der Waals surface area contributed by atoms with Crippen molar-refractivity contribution < 1.29 is 27.1 Å². The zero-order valence-electron chi connectivity index (χ0n) is 26.5. The van der Waals surface area contributed by atoms with Crippen molar-refractivity contribution in [3.63, 3.8) is 0 Å². The van der Waals surface area contributed by atoms with E-state index < -0.39 is 34.3 Å². The first-order chi connectivity index (χ1) is 22.0. The van der Waals surface area contributed by atoms with Gasteiger partial charge in [0.25, 0.3) is 10.0 Å². The number of aryl methyl sites for hydroxylation is 1. The van der Waals surface area contributed by atoms with Crippen LogP contribution in [0.1, 0.15) is 37.0 Å². The van der Waals surface area contributed by atoms with Crippen molar-refractivity contribution >= 4 is 27.5 Å². The first kappa shape index (κ1) is 34.2. The summed E-state index contributed by atoms with van der Waals surface area (Å²) in [7, 11) is -2.76. The van der Waals surface area contributed by atoms with Gasteiger partial charge in [0.15, 0.2) is 0 Å². The SMILES string of the molecule is CCC(C)NC(=O)C(Cc1ccccc1)N(Cc1ccc(F)cc1)C(=O)CN(c1ccc(C)cc1)S(=O)(=O)c1ccc(OC)cc1. The highest BCUT2D eigenvalue weighted by Gasteiger charge is 2.35. The van der Waals surface area contributed by atoms with Gasteiger partial charge in [-0.3, -0.25) is 13.9 Å². The monoisotopic (exact) mass is 645 g/mol. The van der Waals surface area contributed by atoms with Crippen LogP contribution in [-0.4, -0.2) is 50.9 Å². The molecule has 0 heterocycles. The maximum absolute atomic E-state index is 14.5. The fourth-order valence-electron chi connectivity index (χ4n) is 4.90. The molecule has 2 unspecified atom stereocenters. The van der Waals surface area contributed by atoms with E-state index in [0.717, 1.165) is 15.4 Å². The van der Waals surface area contributed by atoms with Gasteiger partial charge in [0, 0.05) is 19.0 Å². The first-order valence-corrected chi connectivity index (χ1v) is 16.6. The first-order valence-electron chi connectivity index (χ1n) is 15.1. The van der Waals surface area contributed by atoms with Crippen LogP contribution in [0.25, 0.3) is 0 Å². The molecule has 2 atom stereocenters. The molecule has 4 aromatic carbocycles. The Morgan fingerprint density at radius 1 is 0.870 bits per heavy atom. The standard InChI is InChI=1S/C36H40FN3O5S/c1-5-27(3)38-36(42)34(23-28-9-7-6-8-10-28)39(24-29-13-15-30(37)16-14-29)35(41)25-40(31-17-11-26(2)12-18-31)46(43,44)33-21-19-32(45-4)20-22-33/h6-22,27,34H,5,23-25H2,1-4H3,(H,38,42). The van der Waals surface area contributed by atoms with Gasteiger partial charge in [0.1, 0.15) is 24.2 Å². The molecule has 0 bridgehead atoms. The number of nitrogens with one attached hydrogen (secondary N) is 1. The Balaban J connectivity index is 1.80. The number of anilines is 1. The Morgan fingerprint density at radius 2 is 1.50 bits per heavy atom. The van der Waals surface area contributed by atoms with Gasteiger partial charge in [0.05, 0.1) is 17.7 Å². The van der Waals surface area contributed by atoms with Gasteiger partial charge in [-0.15, -0.1) is 0 Å². The largest absolute Gasteiger partial charge is 0.497 e. The van der Waals surface area contributed by atoms with Crippen LogP contribution in [0.3, 0.4) is 0 Å². The van der Waals surface area contributed by atoms with E-state index in [-0.39, 0.29) is 29.8 Å². The molecule has 0 aliphatic carbocycles. The summed E-state index contributed by atoms with van der Waals surface area (Å²) in [6.45, 7) is 5.08.